The molecule has 2 amide bonds. The largest absolute Gasteiger partial charge is 0.359 e. The predicted molar refractivity (Wildman–Crippen MR) is 81.9 cm³/mol. The maximum atomic E-state index is 12.4. The van der Waals surface area contributed by atoms with Crippen LogP contribution >= 0.6 is 0 Å². The van der Waals surface area contributed by atoms with Gasteiger partial charge in [-0.1, -0.05) is 0 Å². The van der Waals surface area contributed by atoms with E-state index in [0.717, 1.165) is 39.3 Å². The van der Waals surface area contributed by atoms with Crippen molar-refractivity contribution in [3.8, 4) is 0 Å². The van der Waals surface area contributed by atoms with Crippen molar-refractivity contribution in [1.29, 1.82) is 0 Å². The van der Waals surface area contributed by atoms with E-state index >= 15 is 0 Å². The van der Waals surface area contributed by atoms with Crippen molar-refractivity contribution in [2.45, 2.75) is 19.3 Å². The highest BCUT2D eigenvalue weighted by atomic mass is 16.2. The third kappa shape index (κ3) is 4.68. The monoisotopic (exact) mass is 296 g/mol. The lowest BCUT2D eigenvalue weighted by Crippen LogP contribution is -2.42. The molecule has 0 aliphatic carbocycles. The number of hydrogen-bond acceptors (Lipinski definition) is 4. The molecule has 2 saturated heterocycles. The van der Waals surface area contributed by atoms with E-state index in [1.165, 1.54) is 12.8 Å². The molecule has 0 spiro atoms. The lowest BCUT2D eigenvalue weighted by Gasteiger charge is -2.24. The van der Waals surface area contributed by atoms with Gasteiger partial charge in [-0.2, -0.15) is 0 Å². The number of likely N-dealkylation sites (N-methyl/N-ethyl adjacent to an activating group) is 1. The van der Waals surface area contributed by atoms with Gasteiger partial charge in [0.05, 0.1) is 5.92 Å². The zero-order valence-electron chi connectivity index (χ0n) is 13.3. The van der Waals surface area contributed by atoms with E-state index in [1.54, 1.807) is 7.05 Å². The highest BCUT2D eigenvalue weighted by Crippen LogP contribution is 2.12. The Bertz CT molecular complexity index is 369. The number of likely N-dealkylation sites (tertiary alicyclic amines) is 1. The maximum absolute atomic E-state index is 12.4. The molecule has 0 aromatic carbocycles. The van der Waals surface area contributed by atoms with Crippen LogP contribution in [0.5, 0.6) is 0 Å². The maximum Gasteiger partial charge on any atom is 0.225 e. The van der Waals surface area contributed by atoms with E-state index in [-0.39, 0.29) is 17.7 Å². The summed E-state index contributed by atoms with van der Waals surface area (Å²) in [6.45, 7) is 5.92. The van der Waals surface area contributed by atoms with E-state index in [1.807, 2.05) is 11.9 Å². The number of hydrogen-bond donors (Lipinski definition) is 1. The Kier molecular flexibility index (Phi) is 5.99. The zero-order chi connectivity index (χ0) is 15.2. The minimum Gasteiger partial charge on any atom is -0.359 e. The molecule has 0 radical (unpaired) electrons. The van der Waals surface area contributed by atoms with Crippen LogP contribution in [0.15, 0.2) is 0 Å². The third-order valence-corrected chi connectivity index (χ3v) is 4.53. The highest BCUT2D eigenvalue weighted by molar-refractivity contribution is 5.81. The van der Waals surface area contributed by atoms with Gasteiger partial charge in [0.15, 0.2) is 0 Å². The molecule has 6 heteroatoms. The van der Waals surface area contributed by atoms with Gasteiger partial charge >= 0.3 is 0 Å². The topological polar surface area (TPSA) is 55.9 Å². The van der Waals surface area contributed by atoms with Crippen molar-refractivity contribution >= 4 is 11.8 Å². The fraction of sp³-hybridized carbons (Fsp3) is 0.867. The summed E-state index contributed by atoms with van der Waals surface area (Å²) < 4.78 is 0. The van der Waals surface area contributed by atoms with Crippen molar-refractivity contribution in [2.75, 3.05) is 59.9 Å². The van der Waals surface area contributed by atoms with Crippen molar-refractivity contribution in [3.63, 3.8) is 0 Å². The molecule has 6 nitrogen and oxygen atoms in total. The first-order valence-corrected chi connectivity index (χ1v) is 8.00. The molecule has 120 valence electrons. The third-order valence-electron chi connectivity index (χ3n) is 4.53. The predicted octanol–water partition coefficient (Wildman–Crippen LogP) is -0.391. The van der Waals surface area contributed by atoms with Crippen LogP contribution in [0.25, 0.3) is 0 Å². The van der Waals surface area contributed by atoms with Crippen LogP contribution in [0.4, 0.5) is 0 Å². The van der Waals surface area contributed by atoms with Gasteiger partial charge in [-0.3, -0.25) is 9.59 Å². The molecular formula is C15H28N4O2. The minimum absolute atomic E-state index is 0.0288. The minimum atomic E-state index is -0.127. The first-order chi connectivity index (χ1) is 10.1. The second-order valence-electron chi connectivity index (χ2n) is 6.21. The fourth-order valence-corrected chi connectivity index (χ4v) is 3.19. The summed E-state index contributed by atoms with van der Waals surface area (Å²) in [7, 11) is 3.67. The lowest BCUT2D eigenvalue weighted by molar-refractivity contribution is -0.133. The highest BCUT2D eigenvalue weighted by Gasteiger charge is 2.28. The first-order valence-electron chi connectivity index (χ1n) is 8.00. The number of carbonyl (C=O) groups is 2. The van der Waals surface area contributed by atoms with Gasteiger partial charge in [0.25, 0.3) is 0 Å². The first kappa shape index (κ1) is 16.2. The summed E-state index contributed by atoms with van der Waals surface area (Å²) in [5.74, 6) is 0.0884. The average molecular weight is 296 g/mol. The zero-order valence-corrected chi connectivity index (χ0v) is 13.3. The van der Waals surface area contributed by atoms with E-state index in [2.05, 4.69) is 15.1 Å². The Balaban J connectivity index is 1.87. The Morgan fingerprint density at radius 3 is 2.48 bits per heavy atom. The second kappa shape index (κ2) is 7.75. The normalized spacial score (nSPS) is 24.9. The quantitative estimate of drug-likeness (QED) is 0.768. The molecule has 2 rings (SSSR count). The van der Waals surface area contributed by atoms with Gasteiger partial charge < -0.3 is 20.0 Å². The molecule has 21 heavy (non-hydrogen) atoms. The number of amides is 2. The number of nitrogens with zero attached hydrogens (tertiary/aromatic N) is 3. The molecular weight excluding hydrogens is 268 g/mol. The summed E-state index contributed by atoms with van der Waals surface area (Å²) in [5, 5.41) is 2.71. The van der Waals surface area contributed by atoms with Crippen LogP contribution in [0.2, 0.25) is 0 Å². The van der Waals surface area contributed by atoms with Gasteiger partial charge in [-0.25, -0.2) is 0 Å². The molecule has 2 aliphatic rings. The molecule has 0 aromatic rings. The average Bonchev–Trinajstić information content (AvgIpc) is 2.92. The Morgan fingerprint density at radius 1 is 1.10 bits per heavy atom. The smallest absolute Gasteiger partial charge is 0.225 e. The van der Waals surface area contributed by atoms with Crippen LogP contribution in [0, 0.1) is 5.92 Å². The summed E-state index contributed by atoms with van der Waals surface area (Å²) in [5.41, 5.74) is 0. The van der Waals surface area contributed by atoms with E-state index < -0.39 is 0 Å². The molecule has 0 unspecified atom stereocenters. The summed E-state index contributed by atoms with van der Waals surface area (Å²) in [6, 6.07) is 0. The van der Waals surface area contributed by atoms with E-state index in [4.69, 9.17) is 0 Å². The van der Waals surface area contributed by atoms with E-state index in [9.17, 15) is 9.59 Å². The molecule has 2 heterocycles. The van der Waals surface area contributed by atoms with Gasteiger partial charge in [-0.05, 0) is 33.0 Å². The summed E-state index contributed by atoms with van der Waals surface area (Å²) in [4.78, 5) is 30.7. The van der Waals surface area contributed by atoms with Crippen LogP contribution in [-0.4, -0.2) is 86.4 Å². The van der Waals surface area contributed by atoms with Gasteiger partial charge in [0.1, 0.15) is 0 Å². The molecule has 1 atom stereocenters. The SMILES string of the molecule is CNC(=O)[C@@H]1CN(C)CCN(C(=O)CCN2CCCC2)C1. The van der Waals surface area contributed by atoms with Crippen LogP contribution in [0.1, 0.15) is 19.3 Å². The van der Waals surface area contributed by atoms with Gasteiger partial charge in [-0.15, -0.1) is 0 Å². The van der Waals surface area contributed by atoms with E-state index in [0.29, 0.717) is 13.0 Å². The molecule has 0 aromatic heterocycles. The van der Waals surface area contributed by atoms with Crippen molar-refractivity contribution < 1.29 is 9.59 Å². The standard InChI is InChI=1S/C15H28N4O2/c1-16-15(21)13-11-17(2)9-10-19(12-13)14(20)5-8-18-6-3-4-7-18/h13H,3-12H2,1-2H3,(H,16,21)/t13-/m1/s1. The molecule has 2 aliphatic heterocycles. The van der Waals surface area contributed by atoms with Crippen LogP contribution in [0.3, 0.4) is 0 Å². The van der Waals surface area contributed by atoms with Crippen molar-refractivity contribution in [1.82, 2.24) is 20.0 Å². The van der Waals surface area contributed by atoms with Crippen LogP contribution < -0.4 is 5.32 Å². The van der Waals surface area contributed by atoms with Crippen LogP contribution in [-0.2, 0) is 9.59 Å². The summed E-state index contributed by atoms with van der Waals surface area (Å²) in [6.07, 6.45) is 3.08. The van der Waals surface area contributed by atoms with Crippen molar-refractivity contribution in [3.05, 3.63) is 0 Å². The Morgan fingerprint density at radius 2 is 1.81 bits per heavy atom. The molecule has 2 fully saturated rings. The van der Waals surface area contributed by atoms with Gasteiger partial charge in [0, 0.05) is 46.2 Å². The molecule has 0 saturated carbocycles. The Hall–Kier alpha value is -1.14. The molecule has 0 bridgehead atoms. The lowest BCUT2D eigenvalue weighted by atomic mass is 10.1. The number of rotatable bonds is 4. The number of nitrogens with one attached hydrogen (secondary N) is 1. The molecule has 1 N–H and O–H groups in total. The fourth-order valence-electron chi connectivity index (χ4n) is 3.19. The number of carbonyl (C=O) groups excluding carboxylic acids is 2. The van der Waals surface area contributed by atoms with Crippen molar-refractivity contribution in [2.24, 2.45) is 5.92 Å². The van der Waals surface area contributed by atoms with Gasteiger partial charge in [0.2, 0.25) is 11.8 Å². The second-order valence-corrected chi connectivity index (χ2v) is 6.21. The summed E-state index contributed by atoms with van der Waals surface area (Å²) >= 11 is 0. The Labute approximate surface area is 127 Å².